The lowest BCUT2D eigenvalue weighted by atomic mass is 10.0. The quantitative estimate of drug-likeness (QED) is 0.558. The summed E-state index contributed by atoms with van der Waals surface area (Å²) in [6, 6.07) is 17.0. The Morgan fingerprint density at radius 2 is 1.62 bits per heavy atom. The van der Waals surface area contributed by atoms with Crippen molar-refractivity contribution in [2.45, 2.75) is 6.92 Å². The lowest BCUT2D eigenvalue weighted by Gasteiger charge is -2.09. The molecule has 0 unspecified atom stereocenters. The van der Waals surface area contributed by atoms with Gasteiger partial charge in [0.05, 0.1) is 0 Å². The minimum atomic E-state index is 0.0734. The Morgan fingerprint density at radius 1 is 0.938 bits per heavy atom. The number of hydrogen-bond acceptors (Lipinski definition) is 1. The Morgan fingerprint density at radius 3 is 2.31 bits per heavy atom. The fraction of sp³-hybridized carbons (Fsp3) is 0.0667. The van der Waals surface area contributed by atoms with E-state index in [1.807, 2.05) is 67.9 Å². The first-order chi connectivity index (χ1) is 7.81. The van der Waals surface area contributed by atoms with Crippen molar-refractivity contribution in [3.63, 3.8) is 0 Å². The van der Waals surface area contributed by atoms with Gasteiger partial charge in [-0.1, -0.05) is 43.3 Å². The third kappa shape index (κ3) is 2.14. The summed E-state index contributed by atoms with van der Waals surface area (Å²) < 4.78 is 0. The monoisotopic (exact) mass is 209 g/mol. The van der Waals surface area contributed by atoms with Gasteiger partial charge in [0.25, 0.3) is 0 Å². The first-order valence-corrected chi connectivity index (χ1v) is 5.30. The highest BCUT2D eigenvalue weighted by molar-refractivity contribution is 6.09. The van der Waals surface area contributed by atoms with Gasteiger partial charge in [0.1, 0.15) is 0 Å². The van der Waals surface area contributed by atoms with E-state index in [4.69, 9.17) is 0 Å². The zero-order valence-electron chi connectivity index (χ0n) is 9.18. The summed E-state index contributed by atoms with van der Waals surface area (Å²) in [6.07, 6.45) is 1.99. The van der Waals surface area contributed by atoms with Crippen LogP contribution < -0.4 is 0 Å². The van der Waals surface area contributed by atoms with Crippen LogP contribution >= 0.6 is 0 Å². The highest BCUT2D eigenvalue weighted by Crippen LogP contribution is 2.12. The van der Waals surface area contributed by atoms with Gasteiger partial charge < -0.3 is 0 Å². The molecule has 0 aliphatic carbocycles. The zero-order valence-corrected chi connectivity index (χ0v) is 9.18. The molecule has 0 fully saturated rings. The lowest BCUT2D eigenvalue weighted by Crippen LogP contribution is -2.01. The number of carbonyl (C=O) groups is 1. The Kier molecular flexibility index (Phi) is 3.06. The van der Waals surface area contributed by atoms with Crippen molar-refractivity contribution in [3.05, 3.63) is 77.7 Å². The average Bonchev–Trinajstić information content (AvgIpc) is 2.39. The molecule has 0 saturated carbocycles. The van der Waals surface area contributed by atoms with Crippen LogP contribution in [0.15, 0.2) is 54.6 Å². The molecule has 0 saturated heterocycles. The molecule has 0 bridgehead atoms. The molecule has 16 heavy (non-hydrogen) atoms. The van der Waals surface area contributed by atoms with Crippen LogP contribution in [0.3, 0.4) is 0 Å². The molecule has 0 atom stereocenters. The van der Waals surface area contributed by atoms with E-state index in [1.54, 1.807) is 0 Å². The molecule has 80 valence electrons. The van der Waals surface area contributed by atoms with Crippen LogP contribution in [0.4, 0.5) is 0 Å². The van der Waals surface area contributed by atoms with Gasteiger partial charge >= 0.3 is 0 Å². The largest absolute Gasteiger partial charge is 0.290 e. The highest BCUT2D eigenvalue weighted by Gasteiger charge is 2.04. The second-order valence-electron chi connectivity index (χ2n) is 3.61. The third-order valence-corrected chi connectivity index (χ3v) is 2.52. The molecule has 0 aliphatic rings. The molecule has 0 radical (unpaired) electrons. The maximum Gasteiger partial charge on any atom is 0.180 e. The van der Waals surface area contributed by atoms with Crippen LogP contribution in [0.1, 0.15) is 28.4 Å². The maximum atomic E-state index is 12.1. The summed E-state index contributed by atoms with van der Waals surface area (Å²) >= 11 is 0. The van der Waals surface area contributed by atoms with Crippen LogP contribution in [0, 0.1) is 6.42 Å². The van der Waals surface area contributed by atoms with Crippen LogP contribution in [0.2, 0.25) is 0 Å². The third-order valence-electron chi connectivity index (χ3n) is 2.52. The van der Waals surface area contributed by atoms with Gasteiger partial charge in [-0.15, -0.1) is 6.07 Å². The smallest absolute Gasteiger partial charge is 0.180 e. The van der Waals surface area contributed by atoms with Crippen LogP contribution in [-0.4, -0.2) is 5.78 Å². The van der Waals surface area contributed by atoms with E-state index in [2.05, 4.69) is 0 Å². The first-order valence-electron chi connectivity index (χ1n) is 5.30. The molecule has 2 aromatic carbocycles. The van der Waals surface area contributed by atoms with E-state index in [0.29, 0.717) is 0 Å². The molecule has 2 aromatic rings. The van der Waals surface area contributed by atoms with Crippen molar-refractivity contribution in [2.75, 3.05) is 0 Å². The predicted octanol–water partition coefficient (Wildman–Crippen LogP) is 3.49. The van der Waals surface area contributed by atoms with Crippen molar-refractivity contribution < 1.29 is 4.79 Å². The SMILES string of the molecule is C[CH-]c1cccc(C(=O)c2ccccc2)c1. The number of ketones is 1. The van der Waals surface area contributed by atoms with Crippen molar-refractivity contribution >= 4 is 5.78 Å². The van der Waals surface area contributed by atoms with E-state index in [1.165, 1.54) is 0 Å². The Bertz CT molecular complexity index is 486. The predicted molar refractivity (Wildman–Crippen MR) is 65.4 cm³/mol. The van der Waals surface area contributed by atoms with Gasteiger partial charge in [0.15, 0.2) is 5.78 Å². The fourth-order valence-corrected chi connectivity index (χ4v) is 1.62. The highest BCUT2D eigenvalue weighted by atomic mass is 16.1. The van der Waals surface area contributed by atoms with Crippen molar-refractivity contribution in [1.29, 1.82) is 0 Å². The summed E-state index contributed by atoms with van der Waals surface area (Å²) in [7, 11) is 0. The molecule has 1 heteroatoms. The summed E-state index contributed by atoms with van der Waals surface area (Å²) in [5.74, 6) is 0.0734. The Hall–Kier alpha value is -2.02. The van der Waals surface area contributed by atoms with Crippen LogP contribution in [-0.2, 0) is 0 Å². The van der Waals surface area contributed by atoms with Gasteiger partial charge in [0.2, 0.25) is 0 Å². The van der Waals surface area contributed by atoms with E-state index >= 15 is 0 Å². The standard InChI is InChI=1S/C15H13O/c1-2-12-7-6-10-14(11-12)15(16)13-8-4-3-5-9-13/h2-11H,1H3/q-1. The van der Waals surface area contributed by atoms with Gasteiger partial charge in [-0.25, -0.2) is 0 Å². The van der Waals surface area contributed by atoms with Crippen molar-refractivity contribution in [3.8, 4) is 0 Å². The maximum absolute atomic E-state index is 12.1. The second-order valence-corrected chi connectivity index (χ2v) is 3.61. The van der Waals surface area contributed by atoms with E-state index < -0.39 is 0 Å². The van der Waals surface area contributed by atoms with Crippen molar-refractivity contribution in [1.82, 2.24) is 0 Å². The summed E-state index contributed by atoms with van der Waals surface area (Å²) in [5, 5.41) is 0. The molecule has 2 rings (SSSR count). The summed E-state index contributed by atoms with van der Waals surface area (Å²) in [5.41, 5.74) is 2.54. The topological polar surface area (TPSA) is 17.1 Å². The molecule has 0 amide bonds. The first kappa shape index (κ1) is 10.5. The summed E-state index contributed by atoms with van der Waals surface area (Å²) in [4.78, 5) is 12.1. The molecule has 0 aliphatic heterocycles. The summed E-state index contributed by atoms with van der Waals surface area (Å²) in [6.45, 7) is 1.96. The van der Waals surface area contributed by atoms with E-state index in [-0.39, 0.29) is 5.78 Å². The van der Waals surface area contributed by atoms with Crippen molar-refractivity contribution in [2.24, 2.45) is 0 Å². The molecule has 0 N–H and O–H groups in total. The van der Waals surface area contributed by atoms with Crippen LogP contribution in [0.5, 0.6) is 0 Å². The van der Waals surface area contributed by atoms with Gasteiger partial charge in [0, 0.05) is 5.56 Å². The van der Waals surface area contributed by atoms with E-state index in [0.717, 1.165) is 16.7 Å². The number of rotatable bonds is 3. The number of benzene rings is 2. The molecular weight excluding hydrogens is 196 g/mol. The normalized spacial score (nSPS) is 9.81. The lowest BCUT2D eigenvalue weighted by molar-refractivity contribution is 0.103. The molecule has 0 aromatic heterocycles. The van der Waals surface area contributed by atoms with E-state index in [9.17, 15) is 4.79 Å². The number of hydrogen-bond donors (Lipinski definition) is 0. The van der Waals surface area contributed by atoms with Gasteiger partial charge in [-0.2, -0.15) is 24.1 Å². The van der Waals surface area contributed by atoms with Gasteiger partial charge in [-0.3, -0.25) is 4.79 Å². The molecule has 1 nitrogen and oxygen atoms in total. The minimum absolute atomic E-state index is 0.0734. The fourth-order valence-electron chi connectivity index (χ4n) is 1.62. The minimum Gasteiger partial charge on any atom is -0.290 e. The molecule has 0 heterocycles. The molecule has 0 spiro atoms. The Balaban J connectivity index is 2.34. The van der Waals surface area contributed by atoms with Crippen LogP contribution in [0.25, 0.3) is 0 Å². The Labute approximate surface area is 95.7 Å². The second kappa shape index (κ2) is 4.67. The zero-order chi connectivity index (χ0) is 11.4. The van der Waals surface area contributed by atoms with Gasteiger partial charge in [-0.05, 0) is 5.56 Å². The average molecular weight is 209 g/mol. The number of carbonyl (C=O) groups excluding carboxylic acids is 1. The molecular formula is C15H13O-.